The van der Waals surface area contributed by atoms with E-state index in [2.05, 4.69) is 20.6 Å². The maximum absolute atomic E-state index is 12.7. The van der Waals surface area contributed by atoms with E-state index in [-0.39, 0.29) is 17.9 Å². The summed E-state index contributed by atoms with van der Waals surface area (Å²) in [4.78, 5) is 20.8. The standard InChI is InChI=1S/C20H22F3N5O/c1-12-16(10-25-11-26-12)19(29)28-15-4-2-3-14(7-8-15)27-17(13-5-6-13)9-18(24)20(21,22)23/h2-4,7-10,13,15,26H,5-6,11,24H2,1H3,(H,28,29). The second-order valence-electron chi connectivity index (χ2n) is 6.93. The molecule has 2 aliphatic carbocycles. The molecule has 0 spiro atoms. The van der Waals surface area contributed by atoms with Crippen LogP contribution in [0.3, 0.4) is 0 Å². The molecule has 0 aromatic carbocycles. The smallest absolute Gasteiger partial charge is 0.395 e. The van der Waals surface area contributed by atoms with Gasteiger partial charge in [-0.15, -0.1) is 0 Å². The first-order valence-electron chi connectivity index (χ1n) is 9.19. The summed E-state index contributed by atoms with van der Waals surface area (Å²) in [6, 6.07) is -0.387. The van der Waals surface area contributed by atoms with Crippen LogP contribution < -0.4 is 16.4 Å². The average Bonchev–Trinajstić information content (AvgIpc) is 3.49. The predicted octanol–water partition coefficient (Wildman–Crippen LogP) is 2.64. The Hall–Kier alpha value is -3.10. The fourth-order valence-electron chi connectivity index (χ4n) is 2.73. The summed E-state index contributed by atoms with van der Waals surface area (Å²) in [6.07, 6.45) is 7.96. The molecule has 1 saturated carbocycles. The molecule has 3 rings (SSSR count). The number of nitrogens with one attached hydrogen (secondary N) is 2. The molecule has 1 fully saturated rings. The van der Waals surface area contributed by atoms with Crippen LogP contribution >= 0.6 is 0 Å². The SMILES string of the molecule is CC1=C(C(=O)NC2C=CC=C(N=C(C=C(N)C(F)(F)F)C3CC3)C=C2)C=NCN1. The zero-order valence-electron chi connectivity index (χ0n) is 15.8. The van der Waals surface area contributed by atoms with Crippen molar-refractivity contribution in [2.24, 2.45) is 21.6 Å². The lowest BCUT2D eigenvalue weighted by Crippen LogP contribution is -2.36. The van der Waals surface area contributed by atoms with Gasteiger partial charge >= 0.3 is 6.18 Å². The van der Waals surface area contributed by atoms with E-state index in [4.69, 9.17) is 5.73 Å². The molecule has 0 aromatic rings. The Morgan fingerprint density at radius 1 is 1.38 bits per heavy atom. The average molecular weight is 405 g/mol. The molecule has 0 aromatic heterocycles. The minimum Gasteiger partial charge on any atom is -0.395 e. The zero-order chi connectivity index (χ0) is 21.0. The van der Waals surface area contributed by atoms with Gasteiger partial charge in [0.1, 0.15) is 12.4 Å². The van der Waals surface area contributed by atoms with E-state index in [0.29, 0.717) is 23.7 Å². The van der Waals surface area contributed by atoms with E-state index in [1.165, 1.54) is 6.21 Å². The van der Waals surface area contributed by atoms with Gasteiger partial charge < -0.3 is 16.4 Å². The molecule has 3 aliphatic rings. The summed E-state index contributed by atoms with van der Waals surface area (Å²) in [5, 5.41) is 5.85. The second-order valence-corrected chi connectivity index (χ2v) is 6.93. The van der Waals surface area contributed by atoms with Crippen LogP contribution in [0.2, 0.25) is 0 Å². The number of halogens is 3. The molecule has 9 heteroatoms. The van der Waals surface area contributed by atoms with Gasteiger partial charge in [-0.25, -0.2) is 0 Å². The quantitative estimate of drug-likeness (QED) is 0.614. The van der Waals surface area contributed by atoms with Gasteiger partial charge in [0, 0.05) is 23.5 Å². The molecule has 4 N–H and O–H groups in total. The van der Waals surface area contributed by atoms with E-state index >= 15 is 0 Å². The highest BCUT2D eigenvalue weighted by Gasteiger charge is 2.34. The Balaban J connectivity index is 1.71. The normalized spacial score (nSPS) is 22.9. The largest absolute Gasteiger partial charge is 0.430 e. The van der Waals surface area contributed by atoms with Crippen LogP contribution in [0.4, 0.5) is 13.2 Å². The first kappa shape index (κ1) is 20.6. The van der Waals surface area contributed by atoms with Gasteiger partial charge in [-0.3, -0.25) is 14.8 Å². The number of amides is 1. The molecule has 1 heterocycles. The number of nitrogens with two attached hydrogens (primary N) is 1. The molecule has 29 heavy (non-hydrogen) atoms. The summed E-state index contributed by atoms with van der Waals surface area (Å²) < 4.78 is 38.2. The number of carbonyl (C=O) groups excluding carboxylic acids is 1. The monoisotopic (exact) mass is 405 g/mol. The van der Waals surface area contributed by atoms with E-state index < -0.39 is 11.9 Å². The lowest BCUT2D eigenvalue weighted by atomic mass is 10.1. The fraction of sp³-hybridized carbons (Fsp3) is 0.350. The minimum absolute atomic E-state index is 0.0130. The number of allylic oxidation sites excluding steroid dienone is 6. The predicted molar refractivity (Wildman–Crippen MR) is 106 cm³/mol. The Morgan fingerprint density at radius 3 is 2.79 bits per heavy atom. The van der Waals surface area contributed by atoms with E-state index in [0.717, 1.165) is 24.6 Å². The van der Waals surface area contributed by atoms with Gasteiger partial charge in [0.25, 0.3) is 5.91 Å². The van der Waals surface area contributed by atoms with Crippen molar-refractivity contribution < 1.29 is 18.0 Å². The maximum atomic E-state index is 12.7. The Kier molecular flexibility index (Phi) is 6.05. The third-order valence-corrected chi connectivity index (χ3v) is 4.55. The molecule has 0 saturated heterocycles. The first-order chi connectivity index (χ1) is 13.7. The van der Waals surface area contributed by atoms with E-state index in [9.17, 15) is 18.0 Å². The van der Waals surface area contributed by atoms with Gasteiger partial charge in [0.2, 0.25) is 0 Å². The Labute approximate surface area is 166 Å². The van der Waals surface area contributed by atoms with Gasteiger partial charge in [-0.05, 0) is 38.0 Å². The molecule has 1 unspecified atom stereocenters. The van der Waals surface area contributed by atoms with Crippen molar-refractivity contribution in [1.82, 2.24) is 10.6 Å². The van der Waals surface area contributed by atoms with Gasteiger partial charge in [0.05, 0.1) is 17.3 Å². The lowest BCUT2D eigenvalue weighted by Gasteiger charge is -2.16. The molecule has 1 aliphatic heterocycles. The van der Waals surface area contributed by atoms with Gasteiger partial charge in [-0.1, -0.05) is 18.2 Å². The molecule has 1 amide bonds. The van der Waals surface area contributed by atoms with Crippen LogP contribution in [0, 0.1) is 5.92 Å². The molecule has 1 atom stereocenters. The number of alkyl halides is 3. The molecule has 0 bridgehead atoms. The number of aliphatic imine (C=N–C) groups is 2. The molecular weight excluding hydrogens is 383 g/mol. The van der Waals surface area contributed by atoms with Gasteiger partial charge in [0.15, 0.2) is 0 Å². The highest BCUT2D eigenvalue weighted by Crippen LogP contribution is 2.33. The van der Waals surface area contributed by atoms with Crippen molar-refractivity contribution in [3.8, 4) is 0 Å². The van der Waals surface area contributed by atoms with Crippen molar-refractivity contribution in [3.05, 3.63) is 59.1 Å². The Morgan fingerprint density at radius 2 is 2.14 bits per heavy atom. The summed E-state index contributed by atoms with van der Waals surface area (Å²) in [7, 11) is 0. The van der Waals surface area contributed by atoms with Crippen molar-refractivity contribution in [2.45, 2.75) is 32.0 Å². The topological polar surface area (TPSA) is 91.9 Å². The second kappa shape index (κ2) is 8.50. The third kappa shape index (κ3) is 5.69. The highest BCUT2D eigenvalue weighted by atomic mass is 19.4. The van der Waals surface area contributed by atoms with Crippen molar-refractivity contribution in [3.63, 3.8) is 0 Å². The highest BCUT2D eigenvalue weighted by molar-refractivity contribution is 6.13. The molecule has 0 radical (unpaired) electrons. The number of carbonyl (C=O) groups is 1. The summed E-state index contributed by atoms with van der Waals surface area (Å²) in [5.41, 5.74) is 5.99. The van der Waals surface area contributed by atoms with Crippen molar-refractivity contribution in [2.75, 3.05) is 6.67 Å². The van der Waals surface area contributed by atoms with E-state index in [1.54, 1.807) is 37.3 Å². The fourth-order valence-corrected chi connectivity index (χ4v) is 2.73. The van der Waals surface area contributed by atoms with Gasteiger partial charge in [-0.2, -0.15) is 13.2 Å². The van der Waals surface area contributed by atoms with Crippen LogP contribution in [0.25, 0.3) is 0 Å². The Bertz CT molecular complexity index is 886. The zero-order valence-corrected chi connectivity index (χ0v) is 15.8. The number of rotatable bonds is 5. The number of hydrogen-bond donors (Lipinski definition) is 3. The van der Waals surface area contributed by atoms with Crippen molar-refractivity contribution >= 4 is 17.8 Å². The third-order valence-electron chi connectivity index (χ3n) is 4.55. The minimum atomic E-state index is -4.58. The lowest BCUT2D eigenvalue weighted by molar-refractivity contribution is -0.117. The first-order valence-corrected chi connectivity index (χ1v) is 9.19. The van der Waals surface area contributed by atoms with Crippen LogP contribution in [0.5, 0.6) is 0 Å². The summed E-state index contributed by atoms with van der Waals surface area (Å²) in [6.45, 7) is 2.24. The number of nitrogens with zero attached hydrogens (tertiary/aromatic N) is 2. The van der Waals surface area contributed by atoms with Crippen LogP contribution in [-0.2, 0) is 4.79 Å². The number of hydrogen-bond acceptors (Lipinski definition) is 5. The van der Waals surface area contributed by atoms with Crippen molar-refractivity contribution in [1.29, 1.82) is 0 Å². The summed E-state index contributed by atoms with van der Waals surface area (Å²) >= 11 is 0. The molecule has 154 valence electrons. The molecule has 6 nitrogen and oxygen atoms in total. The van der Waals surface area contributed by atoms with Crippen LogP contribution in [-0.4, -0.2) is 36.7 Å². The van der Waals surface area contributed by atoms with Crippen LogP contribution in [0.15, 0.2) is 69.1 Å². The maximum Gasteiger partial charge on any atom is 0.430 e. The van der Waals surface area contributed by atoms with Crippen LogP contribution in [0.1, 0.15) is 19.8 Å². The van der Waals surface area contributed by atoms with E-state index in [1.807, 2.05) is 0 Å². The molecular formula is C20H22F3N5O. The summed E-state index contributed by atoms with van der Waals surface area (Å²) in [5.74, 6) is -0.287.